The Kier molecular flexibility index (Phi) is 7.07. The van der Waals surface area contributed by atoms with E-state index in [0.717, 1.165) is 10.5 Å². The molecule has 0 bridgehead atoms. The normalized spacial score (nSPS) is 10.9. The molecule has 1 heterocycles. The van der Waals surface area contributed by atoms with Crippen molar-refractivity contribution in [2.24, 2.45) is 0 Å². The van der Waals surface area contributed by atoms with Gasteiger partial charge in [-0.15, -0.1) is 0 Å². The van der Waals surface area contributed by atoms with Crippen LogP contribution < -0.4 is 9.64 Å². The van der Waals surface area contributed by atoms with E-state index in [9.17, 15) is 19.8 Å². The zero-order valence-electron chi connectivity index (χ0n) is 16.6. The smallest absolute Gasteiger partial charge is 0.323 e. The largest absolute Gasteiger partial charge is 0.508 e. The third-order valence-electron chi connectivity index (χ3n) is 4.41. The maximum Gasteiger partial charge on any atom is 0.323 e. The van der Waals surface area contributed by atoms with Crippen LogP contribution in [0.15, 0.2) is 62.1 Å². The molecule has 1 amide bonds. The van der Waals surface area contributed by atoms with E-state index in [1.165, 1.54) is 12.3 Å². The highest BCUT2D eigenvalue weighted by atomic mass is 79.9. The molecule has 2 aromatic carbocycles. The zero-order valence-corrected chi connectivity index (χ0v) is 19.8. The van der Waals surface area contributed by atoms with Crippen molar-refractivity contribution in [2.45, 2.75) is 19.8 Å². The van der Waals surface area contributed by atoms with E-state index in [1.807, 2.05) is 13.8 Å². The van der Waals surface area contributed by atoms with Crippen LogP contribution in [0.25, 0.3) is 0 Å². The van der Waals surface area contributed by atoms with Crippen LogP contribution in [0.5, 0.6) is 17.2 Å². The molecule has 162 valence electrons. The second-order valence-corrected chi connectivity index (χ2v) is 8.69. The molecule has 0 spiro atoms. The van der Waals surface area contributed by atoms with Gasteiger partial charge in [-0.05, 0) is 80.2 Å². The minimum absolute atomic E-state index is 0.0270. The predicted molar refractivity (Wildman–Crippen MR) is 122 cm³/mol. The van der Waals surface area contributed by atoms with Crippen molar-refractivity contribution in [1.82, 2.24) is 0 Å². The Hall–Kier alpha value is -2.78. The lowest BCUT2D eigenvalue weighted by molar-refractivity contribution is -0.135. The third kappa shape index (κ3) is 5.29. The van der Waals surface area contributed by atoms with Crippen molar-refractivity contribution in [1.29, 1.82) is 0 Å². The van der Waals surface area contributed by atoms with Gasteiger partial charge in [-0.25, -0.2) is 0 Å². The van der Waals surface area contributed by atoms with Gasteiger partial charge < -0.3 is 19.4 Å². The maximum absolute atomic E-state index is 12.8. The van der Waals surface area contributed by atoms with Crippen molar-refractivity contribution >= 4 is 49.4 Å². The van der Waals surface area contributed by atoms with Crippen LogP contribution in [0.1, 0.15) is 35.9 Å². The Bertz CT molecular complexity index is 1090. The van der Waals surface area contributed by atoms with Gasteiger partial charge in [0, 0.05) is 11.3 Å². The quantitative estimate of drug-likeness (QED) is 0.364. The van der Waals surface area contributed by atoms with Gasteiger partial charge in [-0.1, -0.05) is 13.8 Å². The standard InChI is InChI=1S/C22H19Br2NO6/c1-12(2)15-10-14(5-6-18(15)26)31-21-16(23)8-13(9-17(21)24)25(11-20(27)28)22(29)19-4-3-7-30-19/h3-10,12,26H,11H2,1-2H3,(H,27,28). The van der Waals surface area contributed by atoms with E-state index in [4.69, 9.17) is 9.15 Å². The number of ether oxygens (including phenoxy) is 1. The van der Waals surface area contributed by atoms with Gasteiger partial charge >= 0.3 is 5.97 Å². The Labute approximate surface area is 195 Å². The van der Waals surface area contributed by atoms with Crippen LogP contribution in [0, 0.1) is 0 Å². The average Bonchev–Trinajstić information content (AvgIpc) is 3.24. The number of amides is 1. The summed E-state index contributed by atoms with van der Waals surface area (Å²) in [5, 5.41) is 19.3. The number of anilines is 1. The van der Waals surface area contributed by atoms with Crippen LogP contribution >= 0.6 is 31.9 Å². The van der Waals surface area contributed by atoms with E-state index in [-0.39, 0.29) is 17.4 Å². The molecule has 0 radical (unpaired) electrons. The number of carbonyl (C=O) groups is 2. The van der Waals surface area contributed by atoms with Crippen molar-refractivity contribution in [3.8, 4) is 17.2 Å². The number of rotatable bonds is 7. The van der Waals surface area contributed by atoms with E-state index >= 15 is 0 Å². The maximum atomic E-state index is 12.8. The topological polar surface area (TPSA) is 100 Å². The lowest BCUT2D eigenvalue weighted by Gasteiger charge is -2.21. The first kappa shape index (κ1) is 22.9. The Balaban J connectivity index is 1.96. The molecule has 2 N–H and O–H groups in total. The number of aromatic hydroxyl groups is 1. The summed E-state index contributed by atoms with van der Waals surface area (Å²) in [5.74, 6) is -0.474. The van der Waals surface area contributed by atoms with Crippen LogP contribution in [0.3, 0.4) is 0 Å². The molecule has 0 aliphatic heterocycles. The summed E-state index contributed by atoms with van der Waals surface area (Å²) in [4.78, 5) is 25.2. The Morgan fingerprint density at radius 2 is 1.81 bits per heavy atom. The molecule has 0 aliphatic carbocycles. The number of benzene rings is 2. The second kappa shape index (κ2) is 9.57. The Morgan fingerprint density at radius 1 is 1.13 bits per heavy atom. The summed E-state index contributed by atoms with van der Waals surface area (Å²) in [6, 6.07) is 11.2. The number of carboxylic acids is 1. The fraction of sp³-hybridized carbons (Fsp3) is 0.182. The van der Waals surface area contributed by atoms with E-state index < -0.39 is 18.4 Å². The molecule has 0 atom stereocenters. The second-order valence-electron chi connectivity index (χ2n) is 6.98. The molecule has 0 saturated heterocycles. The number of phenols is 1. The molecule has 3 aromatic rings. The van der Waals surface area contributed by atoms with E-state index in [0.29, 0.717) is 26.1 Å². The van der Waals surface area contributed by atoms with Gasteiger partial charge in [-0.3, -0.25) is 14.5 Å². The predicted octanol–water partition coefficient (Wildman–Crippen LogP) is 6.16. The summed E-state index contributed by atoms with van der Waals surface area (Å²) >= 11 is 6.87. The fourth-order valence-electron chi connectivity index (χ4n) is 2.93. The summed E-state index contributed by atoms with van der Waals surface area (Å²) in [6.07, 6.45) is 1.35. The fourth-order valence-corrected chi connectivity index (χ4v) is 4.25. The van der Waals surface area contributed by atoms with Crippen LogP contribution in [0.4, 0.5) is 5.69 Å². The molecule has 0 unspecified atom stereocenters. The monoisotopic (exact) mass is 551 g/mol. The third-order valence-corrected chi connectivity index (χ3v) is 5.58. The number of hydrogen-bond donors (Lipinski definition) is 2. The van der Waals surface area contributed by atoms with E-state index in [2.05, 4.69) is 31.9 Å². The summed E-state index contributed by atoms with van der Waals surface area (Å²) < 4.78 is 12.1. The summed E-state index contributed by atoms with van der Waals surface area (Å²) in [7, 11) is 0. The molecule has 9 heteroatoms. The first-order valence-corrected chi connectivity index (χ1v) is 10.8. The molecule has 3 rings (SSSR count). The number of halogens is 2. The molecule has 1 aromatic heterocycles. The molecule has 31 heavy (non-hydrogen) atoms. The molecule has 0 aliphatic rings. The number of hydrogen-bond acceptors (Lipinski definition) is 5. The summed E-state index contributed by atoms with van der Waals surface area (Å²) in [6.45, 7) is 3.38. The number of nitrogens with zero attached hydrogens (tertiary/aromatic N) is 1. The number of aliphatic carboxylic acids is 1. The minimum atomic E-state index is -1.17. The number of phenolic OH excluding ortho intramolecular Hbond substituents is 1. The highest BCUT2D eigenvalue weighted by molar-refractivity contribution is 9.11. The highest BCUT2D eigenvalue weighted by Crippen LogP contribution is 2.41. The van der Waals surface area contributed by atoms with Crippen LogP contribution in [-0.2, 0) is 4.79 Å². The van der Waals surface area contributed by atoms with Crippen molar-refractivity contribution < 1.29 is 29.0 Å². The number of furan rings is 1. The van der Waals surface area contributed by atoms with Gasteiger partial charge in [0.1, 0.15) is 18.0 Å². The van der Waals surface area contributed by atoms with E-state index in [1.54, 1.807) is 36.4 Å². The zero-order chi connectivity index (χ0) is 22.7. The van der Waals surface area contributed by atoms with Gasteiger partial charge in [0.2, 0.25) is 0 Å². The average molecular weight is 553 g/mol. The van der Waals surface area contributed by atoms with Gasteiger partial charge in [0.15, 0.2) is 11.5 Å². The van der Waals surface area contributed by atoms with Crippen LogP contribution in [-0.4, -0.2) is 28.6 Å². The SMILES string of the molecule is CC(C)c1cc(Oc2c(Br)cc(N(CC(=O)O)C(=O)c3ccco3)cc2Br)ccc1O. The van der Waals surface area contributed by atoms with Crippen molar-refractivity contribution in [2.75, 3.05) is 11.4 Å². The minimum Gasteiger partial charge on any atom is -0.508 e. The van der Waals surface area contributed by atoms with Crippen molar-refractivity contribution in [3.05, 3.63) is 69.0 Å². The summed E-state index contributed by atoms with van der Waals surface area (Å²) in [5.41, 5.74) is 1.08. The number of carbonyl (C=O) groups excluding carboxylic acids is 1. The molecule has 0 saturated carbocycles. The molecule has 0 fully saturated rings. The lowest BCUT2D eigenvalue weighted by atomic mass is 10.0. The highest BCUT2D eigenvalue weighted by Gasteiger charge is 2.24. The van der Waals surface area contributed by atoms with Crippen LogP contribution in [0.2, 0.25) is 0 Å². The first-order chi connectivity index (χ1) is 14.7. The number of carboxylic acid groups (broad SMARTS) is 1. The Morgan fingerprint density at radius 3 is 2.35 bits per heavy atom. The molecular formula is C22H19Br2NO6. The first-order valence-electron chi connectivity index (χ1n) is 9.24. The van der Waals surface area contributed by atoms with Gasteiger partial charge in [-0.2, -0.15) is 0 Å². The lowest BCUT2D eigenvalue weighted by Crippen LogP contribution is -2.35. The molecule has 7 nitrogen and oxygen atoms in total. The van der Waals surface area contributed by atoms with Gasteiger partial charge in [0.05, 0.1) is 15.2 Å². The van der Waals surface area contributed by atoms with Gasteiger partial charge in [0.25, 0.3) is 5.91 Å². The van der Waals surface area contributed by atoms with Crippen molar-refractivity contribution in [3.63, 3.8) is 0 Å². The molecular weight excluding hydrogens is 534 g/mol.